The molecule has 1 saturated heterocycles. The highest BCUT2D eigenvalue weighted by Gasteiger charge is 2.30. The summed E-state index contributed by atoms with van der Waals surface area (Å²) in [6.07, 6.45) is 3.62. The van der Waals surface area contributed by atoms with Crippen molar-refractivity contribution in [2.24, 2.45) is 0 Å². The fraction of sp³-hybridized carbons (Fsp3) is 0.375. The molecule has 0 amide bonds. The van der Waals surface area contributed by atoms with Gasteiger partial charge in [0.2, 0.25) is 0 Å². The first kappa shape index (κ1) is 21.2. The third-order valence-electron chi connectivity index (χ3n) is 5.63. The summed E-state index contributed by atoms with van der Waals surface area (Å²) in [4.78, 5) is 2.26. The lowest BCUT2D eigenvalue weighted by atomic mass is 10.0. The number of hydrogen-bond acceptors (Lipinski definition) is 6. The van der Waals surface area contributed by atoms with Gasteiger partial charge in [0.05, 0.1) is 19.9 Å². The summed E-state index contributed by atoms with van der Waals surface area (Å²) < 4.78 is 18.6. The summed E-state index contributed by atoms with van der Waals surface area (Å²) >= 11 is 0. The van der Waals surface area contributed by atoms with Crippen LogP contribution in [0.4, 0.5) is 0 Å². The number of aliphatic hydroxyl groups excluding tert-OH is 1. The first-order valence-corrected chi connectivity index (χ1v) is 10.5. The van der Waals surface area contributed by atoms with Crippen LogP contribution in [0.15, 0.2) is 54.9 Å². The molecule has 0 radical (unpaired) electrons. The number of piperidine rings is 1. The molecule has 1 aliphatic rings. The van der Waals surface area contributed by atoms with Gasteiger partial charge in [-0.15, -0.1) is 0 Å². The second-order valence-electron chi connectivity index (χ2n) is 7.85. The molecular weight excluding hydrogens is 394 g/mol. The number of methoxy groups -OCH3 is 2. The number of hydrogen-bond donors (Lipinski definition) is 1. The van der Waals surface area contributed by atoms with Gasteiger partial charge in [-0.3, -0.25) is 4.90 Å². The van der Waals surface area contributed by atoms with E-state index in [-0.39, 0.29) is 6.10 Å². The quantitative estimate of drug-likeness (QED) is 0.629. The first-order valence-electron chi connectivity index (χ1n) is 10.5. The normalized spacial score (nSPS) is 19.2. The Morgan fingerprint density at radius 2 is 1.94 bits per heavy atom. The number of aryl methyl sites for hydroxylation is 1. The topological polar surface area (TPSA) is 69.0 Å². The molecule has 0 saturated carbocycles. The van der Waals surface area contributed by atoms with E-state index in [1.807, 2.05) is 29.1 Å². The van der Waals surface area contributed by atoms with E-state index in [4.69, 9.17) is 14.2 Å². The van der Waals surface area contributed by atoms with Gasteiger partial charge in [0.25, 0.3) is 0 Å². The predicted molar refractivity (Wildman–Crippen MR) is 118 cm³/mol. The average Bonchev–Trinajstić information content (AvgIpc) is 3.30. The number of likely N-dealkylation sites (tertiary alicyclic amines) is 1. The smallest absolute Gasteiger partial charge is 0.164 e. The lowest BCUT2D eigenvalue weighted by molar-refractivity contribution is -0.0275. The zero-order valence-electron chi connectivity index (χ0n) is 18.2. The van der Waals surface area contributed by atoms with Crippen molar-refractivity contribution in [1.29, 1.82) is 0 Å². The lowest BCUT2D eigenvalue weighted by Crippen LogP contribution is -2.48. The zero-order valence-corrected chi connectivity index (χ0v) is 18.2. The molecule has 164 valence electrons. The predicted octanol–water partition coefficient (Wildman–Crippen LogP) is 3.21. The fourth-order valence-corrected chi connectivity index (χ4v) is 4.04. The van der Waals surface area contributed by atoms with Gasteiger partial charge in [0.15, 0.2) is 11.5 Å². The summed E-state index contributed by atoms with van der Waals surface area (Å²) in [5.74, 6) is 1.92. The molecule has 7 nitrogen and oxygen atoms in total. The van der Waals surface area contributed by atoms with Crippen LogP contribution < -0.4 is 14.2 Å². The Morgan fingerprint density at radius 3 is 2.65 bits per heavy atom. The number of ether oxygens (including phenoxy) is 3. The molecule has 31 heavy (non-hydrogen) atoms. The van der Waals surface area contributed by atoms with Crippen LogP contribution in [0.2, 0.25) is 0 Å². The molecule has 2 heterocycles. The molecule has 3 aromatic rings. The Bertz CT molecular complexity index is 1010. The van der Waals surface area contributed by atoms with E-state index in [1.165, 1.54) is 11.1 Å². The van der Waals surface area contributed by atoms with Crippen molar-refractivity contribution in [2.45, 2.75) is 32.1 Å². The highest BCUT2D eigenvalue weighted by atomic mass is 16.5. The summed E-state index contributed by atoms with van der Waals surface area (Å²) in [6, 6.07) is 13.7. The molecule has 1 N–H and O–H groups in total. The van der Waals surface area contributed by atoms with Gasteiger partial charge in [0.1, 0.15) is 18.0 Å². The summed E-state index contributed by atoms with van der Waals surface area (Å²) in [6.45, 7) is 4.22. The molecule has 0 spiro atoms. The van der Waals surface area contributed by atoms with Gasteiger partial charge in [-0.1, -0.05) is 17.7 Å². The van der Waals surface area contributed by atoms with Crippen LogP contribution >= 0.6 is 0 Å². The van der Waals surface area contributed by atoms with Crippen LogP contribution in [-0.4, -0.2) is 59.3 Å². The van der Waals surface area contributed by atoms with E-state index in [1.54, 1.807) is 26.5 Å². The maximum absolute atomic E-state index is 10.8. The van der Waals surface area contributed by atoms with Crippen molar-refractivity contribution in [3.63, 3.8) is 0 Å². The second-order valence-corrected chi connectivity index (χ2v) is 7.85. The van der Waals surface area contributed by atoms with Crippen LogP contribution in [-0.2, 0) is 6.54 Å². The molecule has 4 rings (SSSR count). The molecule has 7 heteroatoms. The van der Waals surface area contributed by atoms with Gasteiger partial charge in [-0.2, -0.15) is 5.10 Å². The Morgan fingerprint density at radius 1 is 1.10 bits per heavy atom. The lowest BCUT2D eigenvalue weighted by Gasteiger charge is -2.36. The SMILES string of the molecule is COc1ccc(O[C@@H]2CCN(Cc3cc(C)ccc3-n3cccn3)C[C@H]2O)cc1OC. The number of rotatable bonds is 7. The third-order valence-corrected chi connectivity index (χ3v) is 5.63. The second kappa shape index (κ2) is 9.41. The van der Waals surface area contributed by atoms with E-state index in [0.717, 1.165) is 25.2 Å². The van der Waals surface area contributed by atoms with Crippen molar-refractivity contribution in [3.8, 4) is 22.9 Å². The van der Waals surface area contributed by atoms with Crippen LogP contribution in [0, 0.1) is 6.92 Å². The Hall–Kier alpha value is -3.03. The molecule has 0 unspecified atom stereocenters. The monoisotopic (exact) mass is 423 g/mol. The van der Waals surface area contributed by atoms with Crippen molar-refractivity contribution in [2.75, 3.05) is 27.3 Å². The van der Waals surface area contributed by atoms with Crippen LogP contribution in [0.5, 0.6) is 17.2 Å². The maximum atomic E-state index is 10.8. The minimum atomic E-state index is -0.584. The van der Waals surface area contributed by atoms with Gasteiger partial charge < -0.3 is 19.3 Å². The molecular formula is C24H29N3O4. The van der Waals surface area contributed by atoms with E-state index in [2.05, 4.69) is 35.1 Å². The highest BCUT2D eigenvalue weighted by molar-refractivity contribution is 5.45. The van der Waals surface area contributed by atoms with E-state index in [0.29, 0.717) is 23.8 Å². The molecule has 1 aliphatic heterocycles. The first-order chi connectivity index (χ1) is 15.1. The molecule has 2 atom stereocenters. The Balaban J connectivity index is 1.42. The van der Waals surface area contributed by atoms with Crippen LogP contribution in [0.25, 0.3) is 5.69 Å². The molecule has 0 aliphatic carbocycles. The minimum absolute atomic E-state index is 0.266. The Labute approximate surface area is 182 Å². The molecule has 0 bridgehead atoms. The number of aromatic nitrogens is 2. The Kier molecular flexibility index (Phi) is 6.44. The molecule has 1 fully saturated rings. The summed E-state index contributed by atoms with van der Waals surface area (Å²) in [7, 11) is 3.20. The van der Waals surface area contributed by atoms with E-state index in [9.17, 15) is 5.11 Å². The van der Waals surface area contributed by atoms with Crippen LogP contribution in [0.1, 0.15) is 17.5 Å². The number of benzene rings is 2. The zero-order chi connectivity index (χ0) is 21.8. The molecule has 2 aromatic carbocycles. The van der Waals surface area contributed by atoms with Crippen LogP contribution in [0.3, 0.4) is 0 Å². The third kappa shape index (κ3) is 4.84. The average molecular weight is 424 g/mol. The number of nitrogens with zero attached hydrogens (tertiary/aromatic N) is 3. The highest BCUT2D eigenvalue weighted by Crippen LogP contribution is 2.32. The number of β-amino-alcohol motifs (C(OH)–C–C–N with tert-alkyl or cyclic N) is 1. The number of aliphatic hydroxyl groups is 1. The summed E-state index contributed by atoms with van der Waals surface area (Å²) in [5, 5.41) is 15.2. The maximum Gasteiger partial charge on any atom is 0.164 e. The standard InChI is InChI=1S/C24H29N3O4/c1-17-5-7-20(27-11-4-10-25-27)18(13-17)15-26-12-9-22(21(28)16-26)31-19-6-8-23(29-2)24(14-19)30-3/h4-8,10-11,13-14,21-22,28H,9,12,15-16H2,1-3H3/t21-,22-/m1/s1. The van der Waals surface area contributed by atoms with E-state index >= 15 is 0 Å². The van der Waals surface area contributed by atoms with Crippen molar-refractivity contribution in [1.82, 2.24) is 14.7 Å². The van der Waals surface area contributed by atoms with E-state index < -0.39 is 6.10 Å². The minimum Gasteiger partial charge on any atom is -0.493 e. The van der Waals surface area contributed by atoms with Gasteiger partial charge >= 0.3 is 0 Å². The van der Waals surface area contributed by atoms with Gasteiger partial charge in [0, 0.05) is 38.1 Å². The van der Waals surface area contributed by atoms with Gasteiger partial charge in [-0.05, 0) is 43.2 Å². The largest absolute Gasteiger partial charge is 0.493 e. The van der Waals surface area contributed by atoms with Crippen molar-refractivity contribution in [3.05, 3.63) is 66.0 Å². The summed E-state index contributed by atoms with van der Waals surface area (Å²) in [5.41, 5.74) is 3.46. The molecule has 1 aromatic heterocycles. The fourth-order valence-electron chi connectivity index (χ4n) is 4.04. The van der Waals surface area contributed by atoms with Crippen molar-refractivity contribution >= 4 is 0 Å². The van der Waals surface area contributed by atoms with Crippen molar-refractivity contribution < 1.29 is 19.3 Å². The van der Waals surface area contributed by atoms with Gasteiger partial charge in [-0.25, -0.2) is 4.68 Å².